The molecule has 0 spiro atoms. The number of halogens is 3. The minimum absolute atomic E-state index is 0.311. The Balaban J connectivity index is 2.25. The largest absolute Gasteiger partial charge is 0.388 e. The first kappa shape index (κ1) is 14.4. The summed E-state index contributed by atoms with van der Waals surface area (Å²) in [7, 11) is 0. The third-order valence-corrected chi connectivity index (χ3v) is 3.98. The number of benzene rings is 2. The van der Waals surface area contributed by atoms with Gasteiger partial charge < -0.3 is 5.11 Å². The molecule has 0 heterocycles. The third-order valence-electron chi connectivity index (χ3n) is 3.05. The molecule has 0 aliphatic rings. The second kappa shape index (κ2) is 5.96. The number of hydrogen-bond donors (Lipinski definition) is 1. The molecule has 100 valence electrons. The Labute approximate surface area is 124 Å². The first-order chi connectivity index (χ1) is 8.97. The smallest absolute Gasteiger partial charge is 0.124 e. The van der Waals surface area contributed by atoms with Crippen LogP contribution in [0.5, 0.6) is 0 Å². The molecule has 1 atom stereocenters. The van der Waals surface area contributed by atoms with Crippen LogP contribution in [0.3, 0.4) is 0 Å². The van der Waals surface area contributed by atoms with Gasteiger partial charge >= 0.3 is 0 Å². The first-order valence-corrected chi connectivity index (χ1v) is 6.93. The van der Waals surface area contributed by atoms with Gasteiger partial charge in [0.05, 0.1) is 6.10 Å². The topological polar surface area (TPSA) is 20.2 Å². The van der Waals surface area contributed by atoms with E-state index in [-0.39, 0.29) is 11.6 Å². The fourth-order valence-corrected chi connectivity index (χ4v) is 2.79. The Morgan fingerprint density at radius 3 is 2.42 bits per heavy atom. The highest BCUT2D eigenvalue weighted by atomic mass is 127. The van der Waals surface area contributed by atoms with Crippen LogP contribution in [0.15, 0.2) is 36.4 Å². The fraction of sp³-hybridized carbons (Fsp3) is 0.200. The van der Waals surface area contributed by atoms with Crippen molar-refractivity contribution in [1.82, 2.24) is 0 Å². The van der Waals surface area contributed by atoms with Gasteiger partial charge in [-0.1, -0.05) is 12.1 Å². The zero-order valence-electron chi connectivity index (χ0n) is 10.3. The molecule has 0 amide bonds. The van der Waals surface area contributed by atoms with Gasteiger partial charge in [-0.3, -0.25) is 0 Å². The first-order valence-electron chi connectivity index (χ1n) is 5.85. The lowest BCUT2D eigenvalue weighted by Crippen LogP contribution is -2.05. The summed E-state index contributed by atoms with van der Waals surface area (Å²) in [6.45, 7) is 1.87. The van der Waals surface area contributed by atoms with Gasteiger partial charge in [-0.15, -0.1) is 0 Å². The standard InChI is InChI=1S/C15H13F2IO/c1-9-2-3-11(16)6-10(9)7-15(19)13-5-4-12(17)8-14(13)18/h2-6,8,15,19H,7H2,1H3. The van der Waals surface area contributed by atoms with E-state index in [0.29, 0.717) is 15.6 Å². The summed E-state index contributed by atoms with van der Waals surface area (Å²) >= 11 is 1.99. The van der Waals surface area contributed by atoms with Crippen LogP contribution in [-0.2, 0) is 6.42 Å². The highest BCUT2D eigenvalue weighted by molar-refractivity contribution is 14.1. The predicted octanol–water partition coefficient (Wildman–Crippen LogP) is 4.15. The van der Waals surface area contributed by atoms with Crippen LogP contribution in [0.4, 0.5) is 8.78 Å². The lowest BCUT2D eigenvalue weighted by molar-refractivity contribution is 0.177. The van der Waals surface area contributed by atoms with Gasteiger partial charge in [-0.2, -0.15) is 0 Å². The Morgan fingerprint density at radius 1 is 1.11 bits per heavy atom. The minimum Gasteiger partial charge on any atom is -0.388 e. The molecular formula is C15H13F2IO. The van der Waals surface area contributed by atoms with E-state index >= 15 is 0 Å². The molecule has 4 heteroatoms. The minimum atomic E-state index is -0.770. The number of aliphatic hydroxyl groups excluding tert-OH is 1. The Hall–Kier alpha value is -1.01. The van der Waals surface area contributed by atoms with E-state index in [1.807, 2.05) is 29.5 Å². The number of rotatable bonds is 3. The van der Waals surface area contributed by atoms with Crippen LogP contribution in [0.2, 0.25) is 0 Å². The molecule has 0 aromatic heterocycles. The number of hydrogen-bond acceptors (Lipinski definition) is 1. The van der Waals surface area contributed by atoms with Crippen molar-refractivity contribution in [1.29, 1.82) is 0 Å². The lowest BCUT2D eigenvalue weighted by atomic mass is 9.98. The van der Waals surface area contributed by atoms with Crippen LogP contribution in [0, 0.1) is 22.1 Å². The number of aliphatic hydroxyl groups is 1. The van der Waals surface area contributed by atoms with Gasteiger partial charge in [0, 0.05) is 9.99 Å². The molecule has 0 radical (unpaired) electrons. The Morgan fingerprint density at radius 2 is 1.74 bits per heavy atom. The molecule has 0 aliphatic heterocycles. The van der Waals surface area contributed by atoms with Crippen LogP contribution >= 0.6 is 22.6 Å². The summed E-state index contributed by atoms with van der Waals surface area (Å²) in [5.74, 6) is -0.649. The fourth-order valence-electron chi connectivity index (χ4n) is 1.95. The van der Waals surface area contributed by atoms with Crippen molar-refractivity contribution in [2.75, 3.05) is 0 Å². The molecule has 2 aromatic carbocycles. The molecule has 1 nitrogen and oxygen atoms in total. The maximum absolute atomic E-state index is 13.2. The zero-order chi connectivity index (χ0) is 14.0. The normalized spacial score (nSPS) is 12.5. The van der Waals surface area contributed by atoms with Crippen LogP contribution in [-0.4, -0.2) is 5.11 Å². The molecule has 0 saturated carbocycles. The Kier molecular flexibility index (Phi) is 4.52. The highest BCUT2D eigenvalue weighted by Gasteiger charge is 2.14. The van der Waals surface area contributed by atoms with Crippen molar-refractivity contribution in [3.05, 3.63) is 68.3 Å². The van der Waals surface area contributed by atoms with E-state index in [1.54, 1.807) is 12.1 Å². The van der Waals surface area contributed by atoms with Crippen molar-refractivity contribution in [2.45, 2.75) is 19.4 Å². The van der Waals surface area contributed by atoms with Gasteiger partial charge in [-0.05, 0) is 70.5 Å². The molecule has 0 fully saturated rings. The monoisotopic (exact) mass is 374 g/mol. The summed E-state index contributed by atoms with van der Waals surface area (Å²) < 4.78 is 26.9. The predicted molar refractivity (Wildman–Crippen MR) is 78.9 cm³/mol. The zero-order valence-corrected chi connectivity index (χ0v) is 12.5. The van der Waals surface area contributed by atoms with Crippen molar-refractivity contribution in [3.8, 4) is 0 Å². The van der Waals surface area contributed by atoms with E-state index in [2.05, 4.69) is 0 Å². The van der Waals surface area contributed by atoms with Crippen molar-refractivity contribution < 1.29 is 13.9 Å². The van der Waals surface area contributed by atoms with Gasteiger partial charge in [0.1, 0.15) is 11.6 Å². The second-order valence-corrected chi connectivity index (χ2v) is 5.62. The lowest BCUT2D eigenvalue weighted by Gasteiger charge is -2.14. The highest BCUT2D eigenvalue weighted by Crippen LogP contribution is 2.25. The van der Waals surface area contributed by atoms with Crippen LogP contribution in [0.25, 0.3) is 0 Å². The van der Waals surface area contributed by atoms with E-state index in [9.17, 15) is 13.9 Å². The average Bonchev–Trinajstić information content (AvgIpc) is 2.33. The summed E-state index contributed by atoms with van der Waals surface area (Å²) in [5, 5.41) is 10.2. The third kappa shape index (κ3) is 3.51. The van der Waals surface area contributed by atoms with Crippen LogP contribution < -0.4 is 0 Å². The second-order valence-electron chi connectivity index (χ2n) is 4.46. The van der Waals surface area contributed by atoms with Gasteiger partial charge in [0.25, 0.3) is 0 Å². The molecule has 1 unspecified atom stereocenters. The van der Waals surface area contributed by atoms with E-state index < -0.39 is 6.10 Å². The van der Waals surface area contributed by atoms with Crippen LogP contribution in [0.1, 0.15) is 22.8 Å². The molecule has 2 rings (SSSR count). The molecule has 0 aliphatic carbocycles. The average molecular weight is 374 g/mol. The van der Waals surface area contributed by atoms with Crippen molar-refractivity contribution in [3.63, 3.8) is 0 Å². The molecule has 0 saturated heterocycles. The summed E-state index contributed by atoms with van der Waals surface area (Å²) in [6.07, 6.45) is -0.460. The molecule has 19 heavy (non-hydrogen) atoms. The summed E-state index contributed by atoms with van der Waals surface area (Å²) in [4.78, 5) is 0. The molecule has 0 bridgehead atoms. The SMILES string of the molecule is Cc1ccc(F)cc1CC(O)c1ccc(F)cc1I. The van der Waals surface area contributed by atoms with E-state index in [0.717, 1.165) is 11.1 Å². The summed E-state index contributed by atoms with van der Waals surface area (Å²) in [6, 6.07) is 8.77. The van der Waals surface area contributed by atoms with Gasteiger partial charge in [-0.25, -0.2) is 8.78 Å². The molecular weight excluding hydrogens is 361 g/mol. The maximum Gasteiger partial charge on any atom is 0.124 e. The van der Waals surface area contributed by atoms with Gasteiger partial charge in [0.2, 0.25) is 0 Å². The van der Waals surface area contributed by atoms with E-state index in [4.69, 9.17) is 0 Å². The van der Waals surface area contributed by atoms with Crippen molar-refractivity contribution in [2.24, 2.45) is 0 Å². The molecule has 1 N–H and O–H groups in total. The maximum atomic E-state index is 13.2. The van der Waals surface area contributed by atoms with Crippen molar-refractivity contribution >= 4 is 22.6 Å². The summed E-state index contributed by atoms with van der Waals surface area (Å²) in [5.41, 5.74) is 2.34. The quantitative estimate of drug-likeness (QED) is 0.801. The van der Waals surface area contributed by atoms with Gasteiger partial charge in [0.15, 0.2) is 0 Å². The molecule has 2 aromatic rings. The number of aryl methyl sites for hydroxylation is 1. The van der Waals surface area contributed by atoms with E-state index in [1.165, 1.54) is 24.3 Å². The Bertz CT molecular complexity index is 599.